The zero-order valence-corrected chi connectivity index (χ0v) is 15.8. The number of aryl methyl sites for hydroxylation is 1. The average molecular weight is 360 g/mol. The van der Waals surface area contributed by atoms with Gasteiger partial charge in [0.15, 0.2) is 0 Å². The summed E-state index contributed by atoms with van der Waals surface area (Å²) in [6.07, 6.45) is 0.931. The number of nitrogens with one attached hydrogen (secondary N) is 1. The van der Waals surface area contributed by atoms with Crippen molar-refractivity contribution in [2.45, 2.75) is 31.2 Å². The number of carbonyl (C=O) groups excluding carboxylic acids is 1. The SMILES string of the molecule is CCc1ccc(C(=O)NC(C)c2ccc(S(=O)(=O)N(C)C)cc2)cc1. The number of sulfonamides is 1. The quantitative estimate of drug-likeness (QED) is 0.861. The lowest BCUT2D eigenvalue weighted by atomic mass is 10.1. The van der Waals surface area contributed by atoms with Gasteiger partial charge in [0, 0.05) is 19.7 Å². The van der Waals surface area contributed by atoms with E-state index < -0.39 is 10.0 Å². The monoisotopic (exact) mass is 360 g/mol. The molecule has 0 saturated heterocycles. The van der Waals surface area contributed by atoms with Gasteiger partial charge in [-0.1, -0.05) is 31.2 Å². The topological polar surface area (TPSA) is 66.5 Å². The van der Waals surface area contributed by atoms with Gasteiger partial charge in [0.25, 0.3) is 5.91 Å². The summed E-state index contributed by atoms with van der Waals surface area (Å²) in [5.74, 6) is -0.153. The second-order valence-electron chi connectivity index (χ2n) is 6.10. The van der Waals surface area contributed by atoms with Crippen LogP contribution in [0.2, 0.25) is 0 Å². The van der Waals surface area contributed by atoms with E-state index in [0.717, 1.165) is 12.0 Å². The van der Waals surface area contributed by atoms with Gasteiger partial charge in [0.2, 0.25) is 10.0 Å². The molecule has 1 atom stereocenters. The fourth-order valence-corrected chi connectivity index (χ4v) is 3.30. The van der Waals surface area contributed by atoms with Gasteiger partial charge in [-0.05, 0) is 48.7 Å². The molecular weight excluding hydrogens is 336 g/mol. The summed E-state index contributed by atoms with van der Waals surface area (Å²) in [5, 5.41) is 2.93. The Balaban J connectivity index is 2.10. The van der Waals surface area contributed by atoms with E-state index in [4.69, 9.17) is 0 Å². The highest BCUT2D eigenvalue weighted by Gasteiger charge is 2.18. The zero-order chi connectivity index (χ0) is 18.6. The lowest BCUT2D eigenvalue weighted by Crippen LogP contribution is -2.26. The van der Waals surface area contributed by atoms with Crippen LogP contribution in [-0.4, -0.2) is 32.7 Å². The number of benzene rings is 2. The molecule has 0 bridgehead atoms. The largest absolute Gasteiger partial charge is 0.346 e. The average Bonchev–Trinajstić information content (AvgIpc) is 2.61. The Bertz CT molecular complexity index is 826. The van der Waals surface area contributed by atoms with Crippen molar-refractivity contribution in [1.82, 2.24) is 9.62 Å². The molecule has 2 aromatic rings. The molecule has 6 heteroatoms. The minimum atomic E-state index is -3.45. The maximum absolute atomic E-state index is 12.3. The van der Waals surface area contributed by atoms with Crippen molar-refractivity contribution < 1.29 is 13.2 Å². The molecule has 5 nitrogen and oxygen atoms in total. The van der Waals surface area contributed by atoms with E-state index >= 15 is 0 Å². The molecule has 2 aromatic carbocycles. The summed E-state index contributed by atoms with van der Waals surface area (Å²) in [6.45, 7) is 3.94. The Hall–Kier alpha value is -2.18. The first kappa shape index (κ1) is 19.1. The first-order chi connectivity index (χ1) is 11.8. The molecule has 134 valence electrons. The minimum absolute atomic E-state index is 0.153. The van der Waals surface area contributed by atoms with E-state index in [1.54, 1.807) is 24.3 Å². The number of hydrogen-bond donors (Lipinski definition) is 1. The van der Waals surface area contributed by atoms with Crippen LogP contribution in [0, 0.1) is 0 Å². The molecule has 0 aliphatic heterocycles. The Morgan fingerprint density at radius 2 is 1.60 bits per heavy atom. The van der Waals surface area contributed by atoms with Crippen molar-refractivity contribution in [1.29, 1.82) is 0 Å². The second kappa shape index (κ2) is 7.80. The summed E-state index contributed by atoms with van der Waals surface area (Å²) in [5.41, 5.74) is 2.63. The Kier molecular flexibility index (Phi) is 5.98. The van der Waals surface area contributed by atoms with Gasteiger partial charge in [0.05, 0.1) is 10.9 Å². The molecule has 0 radical (unpaired) electrons. The molecule has 1 amide bonds. The van der Waals surface area contributed by atoms with E-state index in [2.05, 4.69) is 12.2 Å². The molecule has 0 aromatic heterocycles. The van der Waals surface area contributed by atoms with Crippen molar-refractivity contribution in [3.63, 3.8) is 0 Å². The van der Waals surface area contributed by atoms with Crippen LogP contribution >= 0.6 is 0 Å². The number of hydrogen-bond acceptors (Lipinski definition) is 3. The zero-order valence-electron chi connectivity index (χ0n) is 15.0. The molecule has 0 spiro atoms. The van der Waals surface area contributed by atoms with Crippen molar-refractivity contribution in [2.75, 3.05) is 14.1 Å². The van der Waals surface area contributed by atoms with Crippen molar-refractivity contribution in [2.24, 2.45) is 0 Å². The highest BCUT2D eigenvalue weighted by molar-refractivity contribution is 7.89. The molecule has 0 aliphatic rings. The highest BCUT2D eigenvalue weighted by atomic mass is 32.2. The molecular formula is C19H24N2O3S. The van der Waals surface area contributed by atoms with E-state index in [0.29, 0.717) is 5.56 Å². The molecule has 0 aliphatic carbocycles. The van der Waals surface area contributed by atoms with Crippen molar-refractivity contribution >= 4 is 15.9 Å². The maximum atomic E-state index is 12.3. The molecule has 25 heavy (non-hydrogen) atoms. The lowest BCUT2D eigenvalue weighted by Gasteiger charge is -2.16. The summed E-state index contributed by atoms with van der Waals surface area (Å²) >= 11 is 0. The van der Waals surface area contributed by atoms with Crippen LogP contribution in [0.25, 0.3) is 0 Å². The second-order valence-corrected chi connectivity index (χ2v) is 8.25. The van der Waals surface area contributed by atoms with Crippen LogP contribution < -0.4 is 5.32 Å². The summed E-state index contributed by atoms with van der Waals surface area (Å²) in [7, 11) is -0.454. The van der Waals surface area contributed by atoms with E-state index in [1.165, 1.54) is 24.0 Å². The fraction of sp³-hybridized carbons (Fsp3) is 0.316. The van der Waals surface area contributed by atoms with Gasteiger partial charge < -0.3 is 5.32 Å². The smallest absolute Gasteiger partial charge is 0.251 e. The predicted octanol–water partition coefficient (Wildman–Crippen LogP) is 2.99. The molecule has 0 fully saturated rings. The van der Waals surface area contributed by atoms with Crippen molar-refractivity contribution in [3.05, 3.63) is 65.2 Å². The van der Waals surface area contributed by atoms with Gasteiger partial charge in [-0.25, -0.2) is 12.7 Å². The minimum Gasteiger partial charge on any atom is -0.346 e. The van der Waals surface area contributed by atoms with E-state index in [9.17, 15) is 13.2 Å². The standard InChI is InChI=1S/C19H24N2O3S/c1-5-15-6-8-17(9-7-15)19(22)20-14(2)16-10-12-18(13-11-16)25(23,24)21(3)4/h6-14H,5H2,1-4H3,(H,20,22). The van der Waals surface area contributed by atoms with Crippen LogP contribution in [0.5, 0.6) is 0 Å². The third-order valence-electron chi connectivity index (χ3n) is 4.13. The molecule has 1 unspecified atom stereocenters. The van der Waals surface area contributed by atoms with Gasteiger partial charge in [-0.3, -0.25) is 4.79 Å². The first-order valence-corrected chi connectivity index (χ1v) is 9.62. The maximum Gasteiger partial charge on any atom is 0.251 e. The van der Waals surface area contributed by atoms with Gasteiger partial charge >= 0.3 is 0 Å². The lowest BCUT2D eigenvalue weighted by molar-refractivity contribution is 0.0940. The van der Waals surface area contributed by atoms with Gasteiger partial charge in [-0.2, -0.15) is 0 Å². The van der Waals surface area contributed by atoms with Crippen LogP contribution in [0.15, 0.2) is 53.4 Å². The highest BCUT2D eigenvalue weighted by Crippen LogP contribution is 2.18. The molecule has 0 saturated carbocycles. The summed E-state index contributed by atoms with van der Waals surface area (Å²) < 4.78 is 25.3. The molecule has 2 rings (SSSR count). The van der Waals surface area contributed by atoms with E-state index in [-0.39, 0.29) is 16.8 Å². The van der Waals surface area contributed by atoms with Crippen molar-refractivity contribution in [3.8, 4) is 0 Å². The number of nitrogens with zero attached hydrogens (tertiary/aromatic N) is 1. The van der Waals surface area contributed by atoms with Crippen LogP contribution in [0.4, 0.5) is 0 Å². The number of amides is 1. The van der Waals surface area contributed by atoms with Gasteiger partial charge in [-0.15, -0.1) is 0 Å². The molecule has 0 heterocycles. The Labute approximate surface area is 149 Å². The Morgan fingerprint density at radius 1 is 1.04 bits per heavy atom. The Morgan fingerprint density at radius 3 is 2.08 bits per heavy atom. The first-order valence-electron chi connectivity index (χ1n) is 8.18. The van der Waals surface area contributed by atoms with Crippen LogP contribution in [-0.2, 0) is 16.4 Å². The number of rotatable bonds is 6. The van der Waals surface area contributed by atoms with Crippen LogP contribution in [0.3, 0.4) is 0 Å². The van der Waals surface area contributed by atoms with E-state index in [1.807, 2.05) is 31.2 Å². The number of carbonyl (C=O) groups is 1. The normalized spacial score (nSPS) is 12.8. The van der Waals surface area contributed by atoms with Gasteiger partial charge in [0.1, 0.15) is 0 Å². The molecule has 1 N–H and O–H groups in total. The predicted molar refractivity (Wildman–Crippen MR) is 99.0 cm³/mol. The summed E-state index contributed by atoms with van der Waals surface area (Å²) in [6, 6.07) is 13.9. The third-order valence-corrected chi connectivity index (χ3v) is 5.96. The summed E-state index contributed by atoms with van der Waals surface area (Å²) in [4.78, 5) is 12.6. The van der Waals surface area contributed by atoms with Crippen LogP contribution in [0.1, 0.15) is 41.4 Å². The fourth-order valence-electron chi connectivity index (χ4n) is 2.39. The third kappa shape index (κ3) is 4.46.